The molecule has 1 aromatic rings. The molecule has 0 fully saturated rings. The molecule has 0 saturated carbocycles. The maximum atomic E-state index is 12.7. The number of aromatic nitrogens is 1. The summed E-state index contributed by atoms with van der Waals surface area (Å²) in [5.74, 6) is -0.392. The molecule has 0 saturated heterocycles. The Kier molecular flexibility index (Phi) is 1.99. The molecule has 2 N–H and O–H groups in total. The summed E-state index contributed by atoms with van der Waals surface area (Å²) in [5.41, 5.74) is 0.475. The molecule has 3 heteroatoms. The third kappa shape index (κ3) is 1.31. The highest BCUT2D eigenvalue weighted by Gasteiger charge is 1.96. The molecular formula is C7H7FN2. The van der Waals surface area contributed by atoms with Crippen molar-refractivity contribution in [3.63, 3.8) is 0 Å². The molecule has 0 atom stereocenters. The average molecular weight is 138 g/mol. The molecule has 0 amide bonds. The minimum Gasteiger partial charge on any atom is -0.367 e. The monoisotopic (exact) mass is 138 g/mol. The molecule has 0 unspecified atom stereocenters. The van der Waals surface area contributed by atoms with E-state index < -0.39 is 5.83 Å². The van der Waals surface area contributed by atoms with Crippen molar-refractivity contribution in [1.29, 1.82) is 5.41 Å². The Morgan fingerprint density at radius 3 is 3.00 bits per heavy atom. The fourth-order valence-corrected chi connectivity index (χ4v) is 0.642. The van der Waals surface area contributed by atoms with Gasteiger partial charge in [0, 0.05) is 24.2 Å². The van der Waals surface area contributed by atoms with Crippen molar-refractivity contribution in [2.75, 3.05) is 0 Å². The normalized spacial score (nSPS) is 11.5. The van der Waals surface area contributed by atoms with Crippen LogP contribution in [0, 0.1) is 5.41 Å². The first-order valence-electron chi connectivity index (χ1n) is 2.84. The molecule has 52 valence electrons. The Labute approximate surface area is 57.9 Å². The van der Waals surface area contributed by atoms with Crippen molar-refractivity contribution in [3.05, 3.63) is 30.1 Å². The molecule has 2 nitrogen and oxygen atoms in total. The molecule has 0 aliphatic heterocycles. The molecular weight excluding hydrogens is 131 g/mol. The molecule has 0 aromatic carbocycles. The molecule has 1 rings (SSSR count). The number of rotatable bonds is 2. The highest BCUT2D eigenvalue weighted by Crippen LogP contribution is 2.12. The van der Waals surface area contributed by atoms with E-state index in [0.29, 0.717) is 5.56 Å². The summed E-state index contributed by atoms with van der Waals surface area (Å²) in [4.78, 5) is 2.71. The lowest BCUT2D eigenvalue weighted by Gasteiger charge is -1.85. The van der Waals surface area contributed by atoms with Crippen molar-refractivity contribution in [1.82, 2.24) is 4.98 Å². The summed E-state index contributed by atoms with van der Waals surface area (Å²) in [6, 6.07) is 1.61. The zero-order valence-corrected chi connectivity index (χ0v) is 5.26. The largest absolute Gasteiger partial charge is 0.367 e. The van der Waals surface area contributed by atoms with Gasteiger partial charge in [0.25, 0.3) is 0 Å². The first-order valence-corrected chi connectivity index (χ1v) is 2.84. The van der Waals surface area contributed by atoms with Gasteiger partial charge in [0.2, 0.25) is 0 Å². The van der Waals surface area contributed by atoms with E-state index in [4.69, 9.17) is 5.41 Å². The van der Waals surface area contributed by atoms with E-state index in [0.717, 1.165) is 12.3 Å². The number of H-pyrrole nitrogens is 1. The number of halogens is 1. The Hall–Kier alpha value is -1.38. The van der Waals surface area contributed by atoms with Crippen molar-refractivity contribution in [3.8, 4) is 0 Å². The highest BCUT2D eigenvalue weighted by molar-refractivity contribution is 5.79. The van der Waals surface area contributed by atoms with Crippen molar-refractivity contribution < 1.29 is 4.39 Å². The predicted molar refractivity (Wildman–Crippen MR) is 38.7 cm³/mol. The lowest BCUT2D eigenvalue weighted by molar-refractivity contribution is 0.761. The van der Waals surface area contributed by atoms with Crippen LogP contribution < -0.4 is 0 Å². The Morgan fingerprint density at radius 2 is 2.50 bits per heavy atom. The van der Waals surface area contributed by atoms with Crippen LogP contribution in [0.5, 0.6) is 0 Å². The minimum atomic E-state index is -0.392. The second-order valence-corrected chi connectivity index (χ2v) is 1.78. The summed E-state index contributed by atoms with van der Waals surface area (Å²) in [5, 5.41) is 6.58. The van der Waals surface area contributed by atoms with Crippen LogP contribution >= 0.6 is 0 Å². The lowest BCUT2D eigenvalue weighted by Crippen LogP contribution is -1.71. The Balaban J connectivity index is 2.86. The van der Waals surface area contributed by atoms with Gasteiger partial charge in [-0.05, 0) is 12.1 Å². The molecule has 0 radical (unpaired) electrons. The maximum Gasteiger partial charge on any atom is 0.133 e. The van der Waals surface area contributed by atoms with Gasteiger partial charge in [0.15, 0.2) is 0 Å². The topological polar surface area (TPSA) is 39.6 Å². The summed E-state index contributed by atoms with van der Waals surface area (Å²) < 4.78 is 12.7. The van der Waals surface area contributed by atoms with Gasteiger partial charge in [-0.3, -0.25) is 0 Å². The van der Waals surface area contributed by atoms with Crippen molar-refractivity contribution >= 4 is 12.0 Å². The van der Waals surface area contributed by atoms with Gasteiger partial charge in [-0.1, -0.05) is 0 Å². The van der Waals surface area contributed by atoms with Crippen LogP contribution in [0.3, 0.4) is 0 Å². The van der Waals surface area contributed by atoms with Gasteiger partial charge in [-0.15, -0.1) is 0 Å². The summed E-state index contributed by atoms with van der Waals surface area (Å²) in [6.45, 7) is 0. The fraction of sp³-hybridized carbons (Fsp3) is 0. The van der Waals surface area contributed by atoms with Crippen LogP contribution in [0.2, 0.25) is 0 Å². The third-order valence-corrected chi connectivity index (χ3v) is 1.10. The number of nitrogens with one attached hydrogen (secondary N) is 2. The Bertz CT molecular complexity index is 236. The SMILES string of the molecule is N=CC=C(F)c1cc[nH]c1. The van der Waals surface area contributed by atoms with Crippen LogP contribution in [0.1, 0.15) is 5.56 Å². The van der Waals surface area contributed by atoms with E-state index >= 15 is 0 Å². The van der Waals surface area contributed by atoms with Crippen molar-refractivity contribution in [2.24, 2.45) is 0 Å². The zero-order chi connectivity index (χ0) is 7.40. The van der Waals surface area contributed by atoms with Crippen LogP contribution in [-0.2, 0) is 0 Å². The van der Waals surface area contributed by atoms with E-state index in [1.807, 2.05) is 0 Å². The fourth-order valence-electron chi connectivity index (χ4n) is 0.642. The molecule has 0 bridgehead atoms. The van der Waals surface area contributed by atoms with E-state index in [2.05, 4.69) is 4.98 Å². The van der Waals surface area contributed by atoms with Gasteiger partial charge in [-0.2, -0.15) is 0 Å². The second-order valence-electron chi connectivity index (χ2n) is 1.78. The maximum absolute atomic E-state index is 12.7. The number of allylic oxidation sites excluding steroid dienone is 1. The lowest BCUT2D eigenvalue weighted by atomic mass is 10.3. The van der Waals surface area contributed by atoms with Crippen molar-refractivity contribution in [2.45, 2.75) is 0 Å². The number of hydrogen-bond acceptors (Lipinski definition) is 1. The number of hydrogen-bond donors (Lipinski definition) is 2. The zero-order valence-electron chi connectivity index (χ0n) is 5.26. The quantitative estimate of drug-likeness (QED) is 0.586. The van der Waals surface area contributed by atoms with Gasteiger partial charge < -0.3 is 10.4 Å². The predicted octanol–water partition coefficient (Wildman–Crippen LogP) is 1.97. The highest BCUT2D eigenvalue weighted by atomic mass is 19.1. The van der Waals surface area contributed by atoms with Crippen LogP contribution in [0.4, 0.5) is 4.39 Å². The van der Waals surface area contributed by atoms with E-state index in [1.54, 1.807) is 12.3 Å². The smallest absolute Gasteiger partial charge is 0.133 e. The van der Waals surface area contributed by atoms with Crippen LogP contribution in [0.15, 0.2) is 24.5 Å². The molecule has 1 aromatic heterocycles. The Morgan fingerprint density at radius 1 is 1.70 bits per heavy atom. The standard InChI is InChI=1S/C7H7FN2/c8-7(1-3-9)6-2-4-10-5-6/h1-5,9-10H. The molecule has 10 heavy (non-hydrogen) atoms. The van der Waals surface area contributed by atoms with Gasteiger partial charge in [0.05, 0.1) is 0 Å². The first-order chi connectivity index (χ1) is 4.84. The van der Waals surface area contributed by atoms with E-state index in [-0.39, 0.29) is 0 Å². The summed E-state index contributed by atoms with van der Waals surface area (Å²) >= 11 is 0. The minimum absolute atomic E-state index is 0.392. The third-order valence-electron chi connectivity index (χ3n) is 1.10. The van der Waals surface area contributed by atoms with Gasteiger partial charge >= 0.3 is 0 Å². The van der Waals surface area contributed by atoms with E-state index in [1.165, 1.54) is 6.20 Å². The molecule has 0 spiro atoms. The summed E-state index contributed by atoms with van der Waals surface area (Å²) in [6.07, 6.45) is 5.19. The molecule has 1 heterocycles. The molecule has 0 aliphatic rings. The van der Waals surface area contributed by atoms with Crippen LogP contribution in [0.25, 0.3) is 5.83 Å². The number of aromatic amines is 1. The average Bonchev–Trinajstić information content (AvgIpc) is 2.38. The van der Waals surface area contributed by atoms with Gasteiger partial charge in [-0.25, -0.2) is 4.39 Å². The van der Waals surface area contributed by atoms with Gasteiger partial charge in [0.1, 0.15) is 5.83 Å². The first kappa shape index (κ1) is 6.74. The summed E-state index contributed by atoms with van der Waals surface area (Å²) in [7, 11) is 0. The second kappa shape index (κ2) is 2.96. The molecule has 0 aliphatic carbocycles. The van der Waals surface area contributed by atoms with E-state index in [9.17, 15) is 4.39 Å². The van der Waals surface area contributed by atoms with Crippen LogP contribution in [-0.4, -0.2) is 11.2 Å².